The van der Waals surface area contributed by atoms with E-state index in [1.807, 2.05) is 0 Å². The maximum Gasteiger partial charge on any atom is 0.335 e. The number of aliphatic hydroxyl groups is 8. The van der Waals surface area contributed by atoms with Crippen LogP contribution in [0.3, 0.4) is 0 Å². The quantitative estimate of drug-likeness (QED) is 0.127. The molecule has 286 valence electrons. The summed E-state index contributed by atoms with van der Waals surface area (Å²) in [6, 6.07) is 3.16. The van der Waals surface area contributed by atoms with Crippen LogP contribution < -0.4 is 5.63 Å². The van der Waals surface area contributed by atoms with Crippen LogP contribution in [0.15, 0.2) is 27.6 Å². The van der Waals surface area contributed by atoms with Gasteiger partial charge in [-0.3, -0.25) is 0 Å². The first-order valence-electron chi connectivity index (χ1n) is 18.3. The molecule has 6 fully saturated rings. The largest absolute Gasteiger partial charge is 0.431 e. The van der Waals surface area contributed by atoms with E-state index in [0.717, 1.165) is 11.8 Å². The molecule has 15 nitrogen and oxygen atoms in total. The molecule has 0 bridgehead atoms. The first kappa shape index (κ1) is 37.5. The molecule has 0 radical (unpaired) electrons. The number of rotatable bonds is 7. The minimum absolute atomic E-state index is 0.0294. The van der Waals surface area contributed by atoms with Gasteiger partial charge in [-0.1, -0.05) is 6.92 Å². The Balaban J connectivity index is 1.03. The molecule has 8 N–H and O–H groups in total. The van der Waals surface area contributed by atoms with Crippen LogP contribution in [0.25, 0.3) is 0 Å². The van der Waals surface area contributed by atoms with Crippen molar-refractivity contribution in [3.05, 3.63) is 34.4 Å². The molecule has 1 aromatic heterocycles. The second-order valence-corrected chi connectivity index (χ2v) is 16.3. The lowest BCUT2D eigenvalue weighted by atomic mass is 9.41. The molecule has 4 aliphatic carbocycles. The lowest BCUT2D eigenvalue weighted by Crippen LogP contribution is -2.69. The predicted octanol–water partition coefficient (Wildman–Crippen LogP) is -0.788. The summed E-state index contributed by atoms with van der Waals surface area (Å²) < 4.78 is 28.2. The summed E-state index contributed by atoms with van der Waals surface area (Å²) in [6.45, 7) is 3.14. The molecular weight excluding hydrogens is 672 g/mol. The number of aldehydes is 1. The smallest absolute Gasteiger partial charge is 0.335 e. The molecule has 4 saturated carbocycles. The fourth-order valence-electron chi connectivity index (χ4n) is 11.0. The maximum absolute atomic E-state index is 13.2. The van der Waals surface area contributed by atoms with Gasteiger partial charge < -0.3 is 69.0 Å². The number of aliphatic hydroxyl groups excluding tert-OH is 6. The molecule has 7 rings (SSSR count). The zero-order chi connectivity index (χ0) is 36.7. The summed E-state index contributed by atoms with van der Waals surface area (Å²) in [7, 11) is 0. The van der Waals surface area contributed by atoms with Gasteiger partial charge in [-0.2, -0.15) is 0 Å². The molecule has 18 atom stereocenters. The Bertz CT molecular complexity index is 1470. The summed E-state index contributed by atoms with van der Waals surface area (Å²) in [6.07, 6.45) is -8.89. The number of ether oxygens (including phenoxy) is 4. The van der Waals surface area contributed by atoms with E-state index in [0.29, 0.717) is 38.5 Å². The van der Waals surface area contributed by atoms with E-state index >= 15 is 0 Å². The summed E-state index contributed by atoms with van der Waals surface area (Å²) in [4.78, 5) is 24.8. The Morgan fingerprint density at radius 1 is 0.824 bits per heavy atom. The van der Waals surface area contributed by atoms with Crippen molar-refractivity contribution < 1.29 is 69.0 Å². The Morgan fingerprint density at radius 3 is 2.24 bits per heavy atom. The highest BCUT2D eigenvalue weighted by Crippen LogP contribution is 2.71. The molecule has 3 heterocycles. The summed E-state index contributed by atoms with van der Waals surface area (Å²) >= 11 is 0. The van der Waals surface area contributed by atoms with E-state index in [-0.39, 0.29) is 37.0 Å². The third kappa shape index (κ3) is 5.78. The van der Waals surface area contributed by atoms with Crippen molar-refractivity contribution in [2.45, 2.75) is 156 Å². The zero-order valence-corrected chi connectivity index (χ0v) is 28.9. The molecule has 2 saturated heterocycles. The molecule has 51 heavy (non-hydrogen) atoms. The third-order valence-electron chi connectivity index (χ3n) is 14.1. The SMILES string of the molecule is C[C@H]1O[C@@H](OC[C@@H]2O[C@H](O[C@H]3CC[C@@]4(C=O)[C@@H]5CC[C@@]6(C)[C@@H](c7ccc(=O)oc7)CC[C@]6(O)[C@H]5CC[C@@]4(O)C3)[C@@H](O)[C@H](O)[C@H]2O)[C@H](O)[C@H](O)[C@H]1O. The molecule has 15 heteroatoms. The second kappa shape index (κ2) is 13.5. The highest BCUT2D eigenvalue weighted by atomic mass is 16.7. The van der Waals surface area contributed by atoms with E-state index in [2.05, 4.69) is 6.92 Å². The Kier molecular flexibility index (Phi) is 9.89. The first-order chi connectivity index (χ1) is 24.1. The van der Waals surface area contributed by atoms with Crippen LogP contribution in [0.4, 0.5) is 0 Å². The number of hydrogen-bond donors (Lipinski definition) is 8. The molecule has 1 aromatic rings. The number of carbonyl (C=O) groups is 1. The molecule has 2 aliphatic heterocycles. The fourth-order valence-corrected chi connectivity index (χ4v) is 11.0. The van der Waals surface area contributed by atoms with Crippen molar-refractivity contribution in [2.75, 3.05) is 6.61 Å². The number of carbonyl (C=O) groups excluding carboxylic acids is 1. The average Bonchev–Trinajstić information content (AvgIpc) is 3.39. The molecule has 0 aromatic carbocycles. The Hall–Kier alpha value is -1.86. The molecule has 0 amide bonds. The molecule has 0 spiro atoms. The highest BCUT2D eigenvalue weighted by Gasteiger charge is 2.71. The normalized spacial score (nSPS) is 52.7. The van der Waals surface area contributed by atoms with Crippen molar-refractivity contribution in [3.63, 3.8) is 0 Å². The Labute approximate surface area is 295 Å². The lowest BCUT2D eigenvalue weighted by molar-refractivity contribution is -0.339. The maximum atomic E-state index is 13.2. The summed E-state index contributed by atoms with van der Waals surface area (Å²) in [5, 5.41) is 87.4. The van der Waals surface area contributed by atoms with Gasteiger partial charge in [0.05, 0.1) is 41.7 Å². The summed E-state index contributed by atoms with van der Waals surface area (Å²) in [5.41, 5.74) is -3.79. The van der Waals surface area contributed by atoms with Crippen molar-refractivity contribution in [3.8, 4) is 0 Å². The van der Waals surface area contributed by atoms with Crippen LogP contribution in [0, 0.1) is 22.7 Å². The van der Waals surface area contributed by atoms with Gasteiger partial charge in [-0.15, -0.1) is 0 Å². The van der Waals surface area contributed by atoms with Crippen molar-refractivity contribution in [2.24, 2.45) is 22.7 Å². The minimum Gasteiger partial charge on any atom is -0.431 e. The van der Waals surface area contributed by atoms with Crippen LogP contribution in [-0.4, -0.2) is 132 Å². The predicted molar refractivity (Wildman–Crippen MR) is 173 cm³/mol. The topological polar surface area (TPSA) is 246 Å². The lowest BCUT2D eigenvalue weighted by Gasteiger charge is -2.65. The van der Waals surface area contributed by atoms with Crippen LogP contribution in [0.1, 0.15) is 83.1 Å². The van der Waals surface area contributed by atoms with Gasteiger partial charge in [0, 0.05) is 17.9 Å². The zero-order valence-electron chi connectivity index (χ0n) is 28.9. The van der Waals surface area contributed by atoms with Gasteiger partial charge >= 0.3 is 5.63 Å². The van der Waals surface area contributed by atoms with Crippen LogP contribution in [0.5, 0.6) is 0 Å². The van der Waals surface area contributed by atoms with E-state index in [4.69, 9.17) is 23.4 Å². The summed E-state index contributed by atoms with van der Waals surface area (Å²) in [5.74, 6) is -0.548. The van der Waals surface area contributed by atoms with E-state index in [1.165, 1.54) is 19.3 Å². The van der Waals surface area contributed by atoms with Crippen molar-refractivity contribution in [1.29, 1.82) is 0 Å². The van der Waals surface area contributed by atoms with Gasteiger partial charge in [0.15, 0.2) is 12.6 Å². The monoisotopic (exact) mass is 724 g/mol. The van der Waals surface area contributed by atoms with E-state index < -0.39 is 102 Å². The van der Waals surface area contributed by atoms with Crippen LogP contribution in [0.2, 0.25) is 0 Å². The van der Waals surface area contributed by atoms with Crippen molar-refractivity contribution in [1.82, 2.24) is 0 Å². The van der Waals surface area contributed by atoms with Crippen molar-refractivity contribution >= 4 is 6.29 Å². The van der Waals surface area contributed by atoms with Gasteiger partial charge in [0.2, 0.25) is 0 Å². The first-order valence-corrected chi connectivity index (χ1v) is 18.3. The number of hydrogen-bond acceptors (Lipinski definition) is 15. The van der Waals surface area contributed by atoms with Gasteiger partial charge in [0.25, 0.3) is 0 Å². The Morgan fingerprint density at radius 2 is 1.53 bits per heavy atom. The van der Waals surface area contributed by atoms with Gasteiger partial charge in [-0.25, -0.2) is 4.79 Å². The van der Waals surface area contributed by atoms with E-state index in [9.17, 15) is 50.4 Å². The van der Waals surface area contributed by atoms with Gasteiger partial charge in [0.1, 0.15) is 49.0 Å². The molecule has 0 unspecified atom stereocenters. The molecular formula is C36H52O15. The van der Waals surface area contributed by atoms with Gasteiger partial charge in [-0.05, 0) is 87.7 Å². The number of fused-ring (bicyclic) bond motifs is 5. The minimum atomic E-state index is -1.70. The highest BCUT2D eigenvalue weighted by molar-refractivity contribution is 5.64. The molecule has 6 aliphatic rings. The second-order valence-electron chi connectivity index (χ2n) is 16.3. The van der Waals surface area contributed by atoms with E-state index in [1.54, 1.807) is 6.07 Å². The third-order valence-corrected chi connectivity index (χ3v) is 14.1. The van der Waals surface area contributed by atoms with Crippen LogP contribution >= 0.6 is 0 Å². The standard InChI is InChI=1S/C36H52O15/c1-17-25(39)27(41)29(43)31(49-17)48-15-23-26(40)28(42)30(44)32(51-23)50-19-5-10-34(16-37)21-6-9-33(2)20(18-3-4-24(38)47-14-18)8-12-36(33,46)22(21)7-11-35(34,45)13-19/h3-4,14,16-17,19-23,25-32,39-46H,5-13,15H2,1-2H3/t17-,19+,20-,21-,22+,23+,25+,26+,27-,28-,29-,30+,31-,32+,33+,34-,35-,36+/m1/s1. The fraction of sp³-hybridized carbons (Fsp3) is 0.833. The van der Waals surface area contributed by atoms with Crippen LogP contribution in [-0.2, 0) is 23.7 Å². The average molecular weight is 725 g/mol.